The molecule has 1 fully saturated rings. The van der Waals surface area contributed by atoms with E-state index in [2.05, 4.69) is 9.88 Å². The van der Waals surface area contributed by atoms with E-state index >= 15 is 0 Å². The van der Waals surface area contributed by atoms with Crippen molar-refractivity contribution in [1.82, 2.24) is 9.88 Å². The second-order valence-corrected chi connectivity index (χ2v) is 8.18. The SMILES string of the molecule is Cl.O=S(=O)(/C=C/c1ncccc1F)c1cccc(OCCCN2CCOCC2)c1. The number of halogens is 2. The lowest BCUT2D eigenvalue weighted by molar-refractivity contribution is 0.0358. The van der Waals surface area contributed by atoms with Gasteiger partial charge in [-0.1, -0.05) is 6.07 Å². The first-order chi connectivity index (χ1) is 13.5. The number of morpholine rings is 1. The predicted octanol–water partition coefficient (Wildman–Crippen LogP) is 3.19. The Labute approximate surface area is 176 Å². The molecule has 3 rings (SSSR count). The van der Waals surface area contributed by atoms with Gasteiger partial charge < -0.3 is 9.47 Å². The third-order valence-electron chi connectivity index (χ3n) is 4.32. The zero-order valence-electron chi connectivity index (χ0n) is 15.9. The Kier molecular flexibility index (Phi) is 9.03. The largest absolute Gasteiger partial charge is 0.494 e. The van der Waals surface area contributed by atoms with Crippen LogP contribution in [0.5, 0.6) is 5.75 Å². The van der Waals surface area contributed by atoms with Gasteiger partial charge in [0.15, 0.2) is 9.84 Å². The monoisotopic (exact) mass is 442 g/mol. The summed E-state index contributed by atoms with van der Waals surface area (Å²) >= 11 is 0. The van der Waals surface area contributed by atoms with Crippen LogP contribution in [0, 0.1) is 5.82 Å². The Morgan fingerprint density at radius 2 is 2.00 bits per heavy atom. The molecule has 0 unspecified atom stereocenters. The van der Waals surface area contributed by atoms with Crippen molar-refractivity contribution in [1.29, 1.82) is 0 Å². The fraction of sp³-hybridized carbons (Fsp3) is 0.350. The number of pyridine rings is 1. The molecule has 1 saturated heterocycles. The molecule has 1 aromatic carbocycles. The number of sulfone groups is 1. The quantitative estimate of drug-likeness (QED) is 0.585. The Hall–Kier alpha value is -2.00. The number of benzene rings is 1. The lowest BCUT2D eigenvalue weighted by Gasteiger charge is -2.26. The number of hydrogen-bond acceptors (Lipinski definition) is 6. The Balaban J connectivity index is 0.00000300. The molecule has 0 N–H and O–H groups in total. The highest BCUT2D eigenvalue weighted by atomic mass is 35.5. The van der Waals surface area contributed by atoms with Crippen molar-refractivity contribution in [3.8, 4) is 5.75 Å². The number of aromatic nitrogens is 1. The van der Waals surface area contributed by atoms with Gasteiger partial charge in [-0.15, -0.1) is 12.4 Å². The van der Waals surface area contributed by atoms with Gasteiger partial charge in [0.25, 0.3) is 0 Å². The number of ether oxygens (including phenoxy) is 2. The lowest BCUT2D eigenvalue weighted by Crippen LogP contribution is -2.37. The molecule has 1 aliphatic heterocycles. The summed E-state index contributed by atoms with van der Waals surface area (Å²) in [7, 11) is -3.73. The van der Waals surface area contributed by atoms with Gasteiger partial charge in [0, 0.05) is 31.2 Å². The summed E-state index contributed by atoms with van der Waals surface area (Å²) in [5, 5.41) is 0.954. The highest BCUT2D eigenvalue weighted by molar-refractivity contribution is 7.94. The van der Waals surface area contributed by atoms with Crippen molar-refractivity contribution in [2.24, 2.45) is 0 Å². The minimum Gasteiger partial charge on any atom is -0.494 e. The van der Waals surface area contributed by atoms with Gasteiger partial charge in [0.1, 0.15) is 11.6 Å². The van der Waals surface area contributed by atoms with Crippen molar-refractivity contribution in [2.45, 2.75) is 11.3 Å². The molecular formula is C20H24ClFN2O4S. The van der Waals surface area contributed by atoms with Gasteiger partial charge in [-0.2, -0.15) is 0 Å². The minimum absolute atomic E-state index is 0. The van der Waals surface area contributed by atoms with Gasteiger partial charge in [0.05, 0.1) is 30.4 Å². The van der Waals surface area contributed by atoms with Gasteiger partial charge in [-0.3, -0.25) is 9.88 Å². The number of rotatable bonds is 8. The summed E-state index contributed by atoms with van der Waals surface area (Å²) in [4.78, 5) is 6.22. The first-order valence-corrected chi connectivity index (χ1v) is 10.7. The Morgan fingerprint density at radius 3 is 2.76 bits per heavy atom. The molecule has 0 spiro atoms. The second kappa shape index (κ2) is 11.3. The van der Waals surface area contributed by atoms with E-state index in [0.717, 1.165) is 50.8 Å². The fourth-order valence-electron chi connectivity index (χ4n) is 2.80. The molecule has 158 valence electrons. The highest BCUT2D eigenvalue weighted by Gasteiger charge is 2.13. The average Bonchev–Trinajstić information content (AvgIpc) is 2.72. The normalized spacial score (nSPS) is 15.2. The molecule has 0 atom stereocenters. The van der Waals surface area contributed by atoms with E-state index < -0.39 is 15.7 Å². The van der Waals surface area contributed by atoms with Gasteiger partial charge in [-0.25, -0.2) is 12.8 Å². The first kappa shape index (κ1) is 23.3. The molecule has 9 heteroatoms. The van der Waals surface area contributed by atoms with Crippen molar-refractivity contribution in [3.05, 3.63) is 59.5 Å². The second-order valence-electron chi connectivity index (χ2n) is 6.35. The van der Waals surface area contributed by atoms with Gasteiger partial charge in [-0.05, 0) is 42.8 Å². The molecule has 1 aliphatic rings. The van der Waals surface area contributed by atoms with Crippen LogP contribution >= 0.6 is 12.4 Å². The molecule has 0 saturated carbocycles. The van der Waals surface area contributed by atoms with Crippen molar-refractivity contribution >= 4 is 28.3 Å². The van der Waals surface area contributed by atoms with Gasteiger partial charge >= 0.3 is 0 Å². The van der Waals surface area contributed by atoms with Crippen LogP contribution in [0.3, 0.4) is 0 Å². The van der Waals surface area contributed by atoms with Crippen LogP contribution in [0.2, 0.25) is 0 Å². The molecule has 0 amide bonds. The van der Waals surface area contributed by atoms with E-state index in [0.29, 0.717) is 12.4 Å². The van der Waals surface area contributed by atoms with Gasteiger partial charge in [0.2, 0.25) is 0 Å². The van der Waals surface area contributed by atoms with Crippen molar-refractivity contribution in [2.75, 3.05) is 39.5 Å². The van der Waals surface area contributed by atoms with Crippen LogP contribution in [0.15, 0.2) is 52.9 Å². The van der Waals surface area contributed by atoms with E-state index in [1.165, 1.54) is 30.5 Å². The summed E-state index contributed by atoms with van der Waals surface area (Å²) in [6.07, 6.45) is 3.40. The summed E-state index contributed by atoms with van der Waals surface area (Å²) in [6.45, 7) is 4.79. The lowest BCUT2D eigenvalue weighted by atomic mass is 10.3. The Morgan fingerprint density at radius 1 is 1.21 bits per heavy atom. The molecule has 0 radical (unpaired) electrons. The van der Waals surface area contributed by atoms with E-state index in [1.54, 1.807) is 12.1 Å². The summed E-state index contributed by atoms with van der Waals surface area (Å²) < 4.78 is 49.6. The van der Waals surface area contributed by atoms with E-state index in [1.807, 2.05) is 0 Å². The molecule has 6 nitrogen and oxygen atoms in total. The standard InChI is InChI=1S/C20H23FN2O4S.ClH/c21-19-6-2-8-22-20(19)7-15-28(24,25)18-5-1-4-17(16-18)27-12-3-9-23-10-13-26-14-11-23;/h1-2,4-8,15-16H,3,9-14H2;1H/b15-7+;. The third kappa shape index (κ3) is 7.08. The fourth-order valence-corrected chi connectivity index (χ4v) is 3.81. The average molecular weight is 443 g/mol. The van der Waals surface area contributed by atoms with E-state index in [9.17, 15) is 12.8 Å². The van der Waals surface area contributed by atoms with Crippen molar-refractivity contribution in [3.63, 3.8) is 0 Å². The third-order valence-corrected chi connectivity index (χ3v) is 5.72. The van der Waals surface area contributed by atoms with E-state index in [4.69, 9.17) is 9.47 Å². The van der Waals surface area contributed by atoms with Crippen LogP contribution in [0.4, 0.5) is 4.39 Å². The topological polar surface area (TPSA) is 68.7 Å². The molecule has 0 aliphatic carbocycles. The molecule has 1 aromatic heterocycles. The van der Waals surface area contributed by atoms with Crippen LogP contribution in [-0.2, 0) is 14.6 Å². The number of hydrogen-bond donors (Lipinski definition) is 0. The zero-order chi connectivity index (χ0) is 19.8. The van der Waals surface area contributed by atoms with Crippen LogP contribution in [0.25, 0.3) is 6.08 Å². The Bertz CT molecular complexity index is 918. The maximum atomic E-state index is 13.6. The highest BCUT2D eigenvalue weighted by Crippen LogP contribution is 2.20. The molecule has 2 heterocycles. The summed E-state index contributed by atoms with van der Waals surface area (Å²) in [5.74, 6) is -0.0910. The molecular weight excluding hydrogens is 419 g/mol. The van der Waals surface area contributed by atoms with E-state index in [-0.39, 0.29) is 23.0 Å². The van der Waals surface area contributed by atoms with Crippen LogP contribution < -0.4 is 4.74 Å². The molecule has 29 heavy (non-hydrogen) atoms. The molecule has 2 aromatic rings. The van der Waals surface area contributed by atoms with Crippen LogP contribution in [0.1, 0.15) is 12.1 Å². The summed E-state index contributed by atoms with van der Waals surface area (Å²) in [6, 6.07) is 8.97. The predicted molar refractivity (Wildman–Crippen MR) is 111 cm³/mol. The summed E-state index contributed by atoms with van der Waals surface area (Å²) in [5.41, 5.74) is -0.0263. The van der Waals surface area contributed by atoms with Crippen LogP contribution in [-0.4, -0.2) is 57.8 Å². The zero-order valence-corrected chi connectivity index (χ0v) is 17.5. The minimum atomic E-state index is -3.73. The van der Waals surface area contributed by atoms with Crippen molar-refractivity contribution < 1.29 is 22.3 Å². The first-order valence-electron chi connectivity index (χ1n) is 9.11. The maximum absolute atomic E-state index is 13.6. The smallest absolute Gasteiger partial charge is 0.200 e. The number of nitrogens with zero attached hydrogens (tertiary/aromatic N) is 2. The molecule has 0 bridgehead atoms. The maximum Gasteiger partial charge on any atom is 0.200 e.